The van der Waals surface area contributed by atoms with Crippen molar-refractivity contribution >= 4 is 17.3 Å². The first-order chi connectivity index (χ1) is 20.2. The van der Waals surface area contributed by atoms with Crippen LogP contribution in [0.5, 0.6) is 5.75 Å². The van der Waals surface area contributed by atoms with Crippen molar-refractivity contribution in [2.24, 2.45) is 5.16 Å². The van der Waals surface area contributed by atoms with Gasteiger partial charge in [0.05, 0.1) is 31.7 Å². The molecule has 11 heteroatoms. The summed E-state index contributed by atoms with van der Waals surface area (Å²) in [5.41, 5.74) is 5.47. The molecule has 8 nitrogen and oxygen atoms in total. The highest BCUT2D eigenvalue weighted by Gasteiger charge is 2.29. The van der Waals surface area contributed by atoms with Gasteiger partial charge in [-0.25, -0.2) is 4.79 Å². The molecule has 3 aromatic carbocycles. The van der Waals surface area contributed by atoms with Crippen LogP contribution < -0.4 is 10.2 Å². The Morgan fingerprint density at radius 1 is 0.976 bits per heavy atom. The number of carbonyl (C=O) groups excluding carboxylic acids is 1. The number of esters is 1. The molecule has 0 spiro atoms. The van der Waals surface area contributed by atoms with Crippen LogP contribution in [0.3, 0.4) is 0 Å². The number of rotatable bonds is 14. The summed E-state index contributed by atoms with van der Waals surface area (Å²) in [7, 11) is 2.72. The Balaban J connectivity index is 1.65. The first kappa shape index (κ1) is 31.8. The quantitative estimate of drug-likeness (QED) is 0.0769. The van der Waals surface area contributed by atoms with Crippen LogP contribution in [0.4, 0.5) is 13.2 Å². The fourth-order valence-electron chi connectivity index (χ4n) is 3.68. The normalized spacial score (nSPS) is 12.0. The molecule has 0 amide bonds. The highest BCUT2D eigenvalue weighted by molar-refractivity contribution is 6.16. The number of hydrogen-bond acceptors (Lipinski definition) is 8. The molecule has 0 aliphatic rings. The van der Waals surface area contributed by atoms with E-state index in [0.29, 0.717) is 46.0 Å². The minimum absolute atomic E-state index is 0.0614. The molecule has 0 fully saturated rings. The maximum absolute atomic E-state index is 12.8. The monoisotopic (exact) mass is 584 g/mol. The summed E-state index contributed by atoms with van der Waals surface area (Å²) in [6.07, 6.45) is -3.08. The van der Waals surface area contributed by atoms with Gasteiger partial charge in [0.1, 0.15) is 36.9 Å². The van der Waals surface area contributed by atoms with Crippen molar-refractivity contribution in [2.75, 3.05) is 20.8 Å². The van der Waals surface area contributed by atoms with Crippen molar-refractivity contribution in [3.8, 4) is 5.75 Å². The number of methoxy groups -OCH3 is 2. The molecule has 0 aliphatic carbocycles. The molecular weight excluding hydrogens is 553 g/mol. The number of allylic oxidation sites excluding steroid dienone is 1. The summed E-state index contributed by atoms with van der Waals surface area (Å²) in [5, 5.41) is 4.15. The smallest absolute Gasteiger partial charge is 0.416 e. The first-order valence-corrected chi connectivity index (χ1v) is 12.7. The van der Waals surface area contributed by atoms with E-state index in [-0.39, 0.29) is 18.8 Å². The van der Waals surface area contributed by atoms with Crippen LogP contribution in [0.15, 0.2) is 96.5 Å². The van der Waals surface area contributed by atoms with Crippen LogP contribution in [0.25, 0.3) is 5.57 Å². The van der Waals surface area contributed by atoms with Crippen molar-refractivity contribution in [3.63, 3.8) is 0 Å². The van der Waals surface area contributed by atoms with E-state index in [2.05, 4.69) is 17.2 Å². The SMILES string of the molecule is C=C(NOCc1ccccc1C(=COC)C(=O)OC)C(=NOCC)c1ccc(OCc2ccc(C(F)(F)F)cc2)cc1. The number of ether oxygens (including phenoxy) is 3. The van der Waals surface area contributed by atoms with Crippen LogP contribution in [0, 0.1) is 0 Å². The van der Waals surface area contributed by atoms with E-state index >= 15 is 0 Å². The van der Waals surface area contributed by atoms with Gasteiger partial charge in [-0.2, -0.15) is 13.2 Å². The lowest BCUT2D eigenvalue weighted by Gasteiger charge is -2.15. The third-order valence-corrected chi connectivity index (χ3v) is 5.76. The topological polar surface area (TPSA) is 87.6 Å². The lowest BCUT2D eigenvalue weighted by Crippen LogP contribution is -2.21. The molecule has 0 saturated heterocycles. The summed E-state index contributed by atoms with van der Waals surface area (Å²) in [4.78, 5) is 23.2. The zero-order valence-corrected chi connectivity index (χ0v) is 23.4. The van der Waals surface area contributed by atoms with Gasteiger partial charge >= 0.3 is 12.1 Å². The Labute approximate surface area is 241 Å². The van der Waals surface area contributed by atoms with E-state index in [1.807, 2.05) is 6.07 Å². The lowest BCUT2D eigenvalue weighted by atomic mass is 10.0. The lowest BCUT2D eigenvalue weighted by molar-refractivity contribution is -0.137. The third kappa shape index (κ3) is 8.87. The predicted molar refractivity (Wildman–Crippen MR) is 151 cm³/mol. The van der Waals surface area contributed by atoms with E-state index < -0.39 is 17.7 Å². The van der Waals surface area contributed by atoms with Crippen molar-refractivity contribution in [1.82, 2.24) is 5.48 Å². The summed E-state index contributed by atoms with van der Waals surface area (Å²) >= 11 is 0. The van der Waals surface area contributed by atoms with Crippen LogP contribution in [-0.4, -0.2) is 32.5 Å². The molecular formula is C31H31F3N2O6. The van der Waals surface area contributed by atoms with Gasteiger partial charge in [0, 0.05) is 5.56 Å². The maximum atomic E-state index is 12.8. The average Bonchev–Trinajstić information content (AvgIpc) is 2.99. The van der Waals surface area contributed by atoms with Gasteiger partial charge in [-0.15, -0.1) is 0 Å². The highest BCUT2D eigenvalue weighted by atomic mass is 19.4. The number of nitrogens with one attached hydrogen (secondary N) is 1. The fraction of sp³-hybridized carbons (Fsp3) is 0.226. The molecule has 3 rings (SSSR count). The van der Waals surface area contributed by atoms with Crippen LogP contribution in [0.1, 0.15) is 34.7 Å². The second-order valence-corrected chi connectivity index (χ2v) is 8.65. The largest absolute Gasteiger partial charge is 0.503 e. The zero-order valence-electron chi connectivity index (χ0n) is 23.4. The van der Waals surface area contributed by atoms with Gasteiger partial charge in [-0.3, -0.25) is 10.3 Å². The van der Waals surface area contributed by atoms with Crippen LogP contribution >= 0.6 is 0 Å². The Morgan fingerprint density at radius 3 is 2.29 bits per heavy atom. The van der Waals surface area contributed by atoms with Crippen molar-refractivity contribution in [2.45, 2.75) is 26.3 Å². The molecule has 0 saturated carbocycles. The number of benzene rings is 3. The molecule has 3 aromatic rings. The van der Waals surface area contributed by atoms with Gasteiger partial charge in [0.15, 0.2) is 0 Å². The number of carbonyl (C=O) groups is 1. The van der Waals surface area contributed by atoms with E-state index in [1.165, 1.54) is 32.6 Å². The number of oxime groups is 1. The Morgan fingerprint density at radius 2 is 1.67 bits per heavy atom. The molecule has 0 bridgehead atoms. The van der Waals surface area contributed by atoms with Crippen molar-refractivity contribution in [3.05, 3.63) is 119 Å². The molecule has 0 unspecified atom stereocenters. The second-order valence-electron chi connectivity index (χ2n) is 8.65. The van der Waals surface area contributed by atoms with Crippen molar-refractivity contribution in [1.29, 1.82) is 0 Å². The van der Waals surface area contributed by atoms with Crippen molar-refractivity contribution < 1.29 is 41.9 Å². The summed E-state index contributed by atoms with van der Waals surface area (Å²) in [6.45, 7) is 6.27. The van der Waals surface area contributed by atoms with Gasteiger partial charge < -0.3 is 19.0 Å². The number of halogens is 3. The number of alkyl halides is 3. The molecule has 1 N–H and O–H groups in total. The Kier molecular flexibility index (Phi) is 11.6. The average molecular weight is 585 g/mol. The minimum atomic E-state index is -4.39. The van der Waals surface area contributed by atoms with Gasteiger partial charge in [0.25, 0.3) is 0 Å². The fourth-order valence-corrected chi connectivity index (χ4v) is 3.68. The molecule has 0 atom stereocenters. The minimum Gasteiger partial charge on any atom is -0.503 e. The Hall–Kier alpha value is -4.77. The number of hydroxylamine groups is 1. The maximum Gasteiger partial charge on any atom is 0.416 e. The Bertz CT molecular complexity index is 1400. The second kappa shape index (κ2) is 15.3. The van der Waals surface area contributed by atoms with Crippen LogP contribution in [0.2, 0.25) is 0 Å². The highest BCUT2D eigenvalue weighted by Crippen LogP contribution is 2.29. The summed E-state index contributed by atoms with van der Waals surface area (Å²) < 4.78 is 54.0. The number of hydrogen-bond donors (Lipinski definition) is 1. The van der Waals surface area contributed by atoms with E-state index in [0.717, 1.165) is 12.1 Å². The van der Waals surface area contributed by atoms with E-state index in [4.69, 9.17) is 23.9 Å². The van der Waals surface area contributed by atoms with Gasteiger partial charge in [-0.05, 0) is 60.0 Å². The summed E-state index contributed by atoms with van der Waals surface area (Å²) in [5.74, 6) is -0.0500. The zero-order chi connectivity index (χ0) is 30.5. The molecule has 0 heterocycles. The summed E-state index contributed by atoms with van der Waals surface area (Å²) in [6, 6.07) is 18.8. The first-order valence-electron chi connectivity index (χ1n) is 12.7. The van der Waals surface area contributed by atoms with E-state index in [9.17, 15) is 18.0 Å². The molecule has 0 radical (unpaired) electrons. The van der Waals surface area contributed by atoms with Gasteiger partial charge in [0.2, 0.25) is 0 Å². The number of nitrogens with zero attached hydrogens (tertiary/aromatic N) is 1. The molecule has 0 aromatic heterocycles. The van der Waals surface area contributed by atoms with Crippen LogP contribution in [-0.2, 0) is 43.3 Å². The molecule has 222 valence electrons. The third-order valence-electron chi connectivity index (χ3n) is 5.76. The standard InChI is InChI=1S/C31H31F3N2O6/c1-5-41-36-29(21(2)35-42-19-24-8-6-7-9-27(24)28(20-38-3)30(37)39-4)23-12-16-26(17-13-23)40-18-22-10-14-25(15-11-22)31(32,33)34/h6-17,20,35H,2,5,18-19H2,1,3-4H3. The molecule has 42 heavy (non-hydrogen) atoms. The molecule has 0 aliphatic heterocycles. The predicted octanol–water partition coefficient (Wildman–Crippen LogP) is 6.42. The van der Waals surface area contributed by atoms with E-state index in [1.54, 1.807) is 49.4 Å². The van der Waals surface area contributed by atoms with Gasteiger partial charge in [-0.1, -0.05) is 48.1 Å².